The van der Waals surface area contributed by atoms with E-state index in [1.165, 1.54) is 11.1 Å². The number of benzene rings is 1. The molecule has 1 saturated heterocycles. The van der Waals surface area contributed by atoms with Gasteiger partial charge in [-0.3, -0.25) is 9.59 Å². The summed E-state index contributed by atoms with van der Waals surface area (Å²) in [6, 6.07) is 8.26. The number of ether oxygens (including phenoxy) is 2. The Kier molecular flexibility index (Phi) is 7.84. The van der Waals surface area contributed by atoms with Crippen LogP contribution in [0.2, 0.25) is 0 Å². The minimum absolute atomic E-state index is 0.00691. The maximum atomic E-state index is 13.5. The summed E-state index contributed by atoms with van der Waals surface area (Å²) in [4.78, 5) is 28.5. The second-order valence-corrected chi connectivity index (χ2v) is 9.61. The molecule has 2 fully saturated rings. The highest BCUT2D eigenvalue weighted by Crippen LogP contribution is 2.37. The average Bonchev–Trinajstić information content (AvgIpc) is 3.03. The van der Waals surface area contributed by atoms with Gasteiger partial charge in [-0.1, -0.05) is 44.0 Å². The van der Waals surface area contributed by atoms with E-state index in [1.807, 2.05) is 11.0 Å². The third-order valence-corrected chi connectivity index (χ3v) is 7.54. The summed E-state index contributed by atoms with van der Waals surface area (Å²) in [5.41, 5.74) is 2.52. The van der Waals surface area contributed by atoms with Gasteiger partial charge in [0.25, 0.3) is 0 Å². The molecule has 1 saturated carbocycles. The van der Waals surface area contributed by atoms with Crippen molar-refractivity contribution in [3.63, 3.8) is 0 Å². The number of rotatable bonds is 7. The van der Waals surface area contributed by atoms with E-state index in [4.69, 9.17) is 9.47 Å². The Morgan fingerprint density at radius 3 is 2.78 bits per heavy atom. The number of aryl methyl sites for hydroxylation is 1. The number of carbonyl (C=O) groups is 2. The van der Waals surface area contributed by atoms with Crippen molar-refractivity contribution in [1.29, 1.82) is 0 Å². The summed E-state index contributed by atoms with van der Waals surface area (Å²) in [6.45, 7) is 4.17. The zero-order valence-electron chi connectivity index (χ0n) is 19.6. The van der Waals surface area contributed by atoms with Crippen molar-refractivity contribution in [2.75, 3.05) is 20.3 Å². The van der Waals surface area contributed by atoms with Crippen molar-refractivity contribution in [3.05, 3.63) is 35.4 Å². The first kappa shape index (κ1) is 23.2. The van der Waals surface area contributed by atoms with E-state index in [2.05, 4.69) is 30.4 Å². The van der Waals surface area contributed by atoms with Crippen LogP contribution >= 0.6 is 0 Å². The van der Waals surface area contributed by atoms with Gasteiger partial charge in [0.15, 0.2) is 0 Å². The largest absolute Gasteiger partial charge is 0.379 e. The van der Waals surface area contributed by atoms with Crippen molar-refractivity contribution in [3.8, 4) is 0 Å². The second kappa shape index (κ2) is 10.8. The molecule has 0 bridgehead atoms. The molecular weight excluding hydrogens is 404 g/mol. The maximum Gasteiger partial charge on any atom is 0.235 e. The van der Waals surface area contributed by atoms with Crippen LogP contribution in [0.5, 0.6) is 0 Å². The number of nitrogens with zero attached hydrogens (tertiary/aromatic N) is 1. The van der Waals surface area contributed by atoms with Crippen LogP contribution < -0.4 is 5.32 Å². The molecule has 32 heavy (non-hydrogen) atoms. The van der Waals surface area contributed by atoms with E-state index in [9.17, 15) is 9.59 Å². The summed E-state index contributed by atoms with van der Waals surface area (Å²) in [5, 5.41) is 3.19. The summed E-state index contributed by atoms with van der Waals surface area (Å²) >= 11 is 0. The van der Waals surface area contributed by atoms with Gasteiger partial charge in [-0.05, 0) is 55.6 Å². The predicted octanol–water partition coefficient (Wildman–Crippen LogP) is 3.47. The van der Waals surface area contributed by atoms with Crippen LogP contribution in [-0.4, -0.2) is 55.2 Å². The highest BCUT2D eigenvalue weighted by atomic mass is 16.5. The van der Waals surface area contributed by atoms with Gasteiger partial charge >= 0.3 is 0 Å². The normalized spacial score (nSPS) is 30.1. The van der Waals surface area contributed by atoms with Gasteiger partial charge in [0.2, 0.25) is 11.8 Å². The fourth-order valence-corrected chi connectivity index (χ4v) is 5.72. The van der Waals surface area contributed by atoms with Crippen LogP contribution in [0.4, 0.5) is 0 Å². The quantitative estimate of drug-likeness (QED) is 0.519. The van der Waals surface area contributed by atoms with Crippen LogP contribution in [0.25, 0.3) is 0 Å². The van der Waals surface area contributed by atoms with Crippen LogP contribution in [0.3, 0.4) is 0 Å². The van der Waals surface area contributed by atoms with Gasteiger partial charge in [0, 0.05) is 26.8 Å². The third-order valence-electron chi connectivity index (χ3n) is 7.54. The Morgan fingerprint density at radius 1 is 1.19 bits per heavy atom. The molecule has 3 aliphatic rings. The monoisotopic (exact) mass is 442 g/mol. The van der Waals surface area contributed by atoms with E-state index in [0.29, 0.717) is 26.1 Å². The van der Waals surface area contributed by atoms with Crippen LogP contribution in [-0.2, 0) is 32.0 Å². The first-order valence-corrected chi connectivity index (χ1v) is 12.4. The summed E-state index contributed by atoms with van der Waals surface area (Å²) in [7, 11) is 1.72. The van der Waals surface area contributed by atoms with Gasteiger partial charge in [-0.2, -0.15) is 0 Å². The molecule has 1 aliphatic carbocycles. The Bertz CT molecular complexity index is 798. The van der Waals surface area contributed by atoms with Crippen molar-refractivity contribution in [1.82, 2.24) is 10.2 Å². The predicted molar refractivity (Wildman–Crippen MR) is 123 cm³/mol. The molecule has 1 N–H and O–H groups in total. The van der Waals surface area contributed by atoms with Crippen molar-refractivity contribution in [2.45, 2.75) is 83.1 Å². The Labute approximate surface area is 192 Å². The van der Waals surface area contributed by atoms with Gasteiger partial charge in [-0.15, -0.1) is 0 Å². The smallest absolute Gasteiger partial charge is 0.235 e. The van der Waals surface area contributed by atoms with E-state index >= 15 is 0 Å². The van der Waals surface area contributed by atoms with Gasteiger partial charge in [0.1, 0.15) is 12.0 Å². The number of unbranched alkanes of at least 4 members (excludes halogenated alkanes) is 2. The number of nitrogens with one attached hydrogen (secondary N) is 1. The lowest BCUT2D eigenvalue weighted by atomic mass is 9.73. The molecule has 2 amide bonds. The topological polar surface area (TPSA) is 67.9 Å². The third kappa shape index (κ3) is 5.01. The molecule has 4 rings (SSSR count). The molecule has 2 aliphatic heterocycles. The lowest BCUT2D eigenvalue weighted by Crippen LogP contribution is -2.63. The summed E-state index contributed by atoms with van der Waals surface area (Å²) in [5.74, 6) is -0.510. The molecule has 0 aromatic heterocycles. The zero-order chi connectivity index (χ0) is 22.5. The van der Waals surface area contributed by atoms with E-state index in [1.54, 1.807) is 7.11 Å². The average molecular weight is 443 g/mol. The molecule has 0 spiro atoms. The minimum Gasteiger partial charge on any atom is -0.379 e. The number of fused-ring (bicyclic) bond motifs is 2. The maximum absolute atomic E-state index is 13.5. The van der Waals surface area contributed by atoms with Gasteiger partial charge in [0.05, 0.1) is 12.1 Å². The molecule has 176 valence electrons. The summed E-state index contributed by atoms with van der Waals surface area (Å²) < 4.78 is 11.9. The number of methoxy groups -OCH3 is 1. The van der Waals surface area contributed by atoms with Crippen LogP contribution in [0.1, 0.15) is 63.0 Å². The molecule has 5 unspecified atom stereocenters. The molecule has 0 radical (unpaired) electrons. The zero-order valence-corrected chi connectivity index (χ0v) is 19.6. The number of piperidine rings is 1. The molecule has 6 heteroatoms. The van der Waals surface area contributed by atoms with Crippen molar-refractivity contribution in [2.24, 2.45) is 11.8 Å². The van der Waals surface area contributed by atoms with Crippen molar-refractivity contribution < 1.29 is 19.1 Å². The number of amides is 2. The Balaban J connectivity index is 1.43. The summed E-state index contributed by atoms with van der Waals surface area (Å²) in [6.07, 6.45) is 7.55. The lowest BCUT2D eigenvalue weighted by molar-refractivity contribution is -0.154. The van der Waals surface area contributed by atoms with Gasteiger partial charge < -0.3 is 19.7 Å². The number of hydrogen-bond donors (Lipinski definition) is 1. The van der Waals surface area contributed by atoms with Crippen LogP contribution in [0.15, 0.2) is 24.3 Å². The first-order chi connectivity index (χ1) is 15.6. The number of carbonyl (C=O) groups excluding carboxylic acids is 2. The molecule has 5 atom stereocenters. The molecule has 1 aromatic carbocycles. The fourth-order valence-electron chi connectivity index (χ4n) is 5.72. The number of hydrogen-bond acceptors (Lipinski definition) is 4. The fraction of sp³-hybridized carbons (Fsp3) is 0.692. The highest BCUT2D eigenvalue weighted by molar-refractivity contribution is 6.01. The Morgan fingerprint density at radius 2 is 2.00 bits per heavy atom. The highest BCUT2D eigenvalue weighted by Gasteiger charge is 2.48. The van der Waals surface area contributed by atoms with E-state index in [0.717, 1.165) is 44.9 Å². The van der Waals surface area contributed by atoms with E-state index < -0.39 is 5.92 Å². The van der Waals surface area contributed by atoms with Crippen LogP contribution in [0, 0.1) is 11.8 Å². The molecule has 2 heterocycles. The molecule has 6 nitrogen and oxygen atoms in total. The molecule has 1 aromatic rings. The molecular formula is C26H38N2O4. The minimum atomic E-state index is -0.596. The van der Waals surface area contributed by atoms with E-state index in [-0.39, 0.29) is 36.0 Å². The first-order valence-electron chi connectivity index (χ1n) is 12.4. The lowest BCUT2D eigenvalue weighted by Gasteiger charge is -2.46. The SMILES string of the molecule is CCCCCOC1C(OC)CCC2CC(C(=O)N3CCCc4ccccc4C3)C(=O)NC21. The van der Waals surface area contributed by atoms with Gasteiger partial charge in [-0.25, -0.2) is 0 Å². The Hall–Kier alpha value is -1.92. The standard InChI is InChI=1S/C26H38N2O4/c1-3-4-7-15-32-24-22(31-2)13-12-19-16-21(25(29)27-23(19)24)26(30)28-14-8-11-18-9-5-6-10-20(18)17-28/h5-6,9-10,19,21-24H,3-4,7-8,11-17H2,1-2H3,(H,27,29). The second-order valence-electron chi connectivity index (χ2n) is 9.61. The van der Waals surface area contributed by atoms with Crippen molar-refractivity contribution >= 4 is 11.8 Å².